The van der Waals surface area contributed by atoms with Gasteiger partial charge in [-0.25, -0.2) is 19.9 Å². The van der Waals surface area contributed by atoms with Gasteiger partial charge in [-0.05, 0) is 0 Å². The van der Waals surface area contributed by atoms with Gasteiger partial charge in [-0.3, -0.25) is 0 Å². The monoisotopic (exact) mass is 459 g/mol. The van der Waals surface area contributed by atoms with Gasteiger partial charge in [0.05, 0.1) is 35.5 Å². The summed E-state index contributed by atoms with van der Waals surface area (Å²) in [5.74, 6) is 0. The molecule has 4 rings (SSSR count). The average molecular weight is 460 g/mol. The molecule has 0 saturated heterocycles. The first kappa shape index (κ1) is 29.5. The zero-order chi connectivity index (χ0) is 21.3. The number of H-pyrrole nitrogens is 4. The van der Waals surface area contributed by atoms with Gasteiger partial charge in [0, 0.05) is 49.6 Å². The maximum atomic E-state index is 8.25. The molecule has 4 aromatic rings. The molecule has 0 fully saturated rings. The van der Waals surface area contributed by atoms with Crippen LogP contribution in [-0.4, -0.2) is 50.0 Å². The van der Waals surface area contributed by atoms with Gasteiger partial charge in [0.2, 0.25) is 0 Å². The number of aromatic nitrogens is 8. The minimum atomic E-state index is -1.75. The Bertz CT molecular complexity index is 528. The Balaban J connectivity index is -0.000000279. The number of nitrogens with one attached hydrogen (secondary N) is 4. The molecule has 4 aromatic heterocycles. The van der Waals surface area contributed by atoms with Crippen LogP contribution in [0.1, 0.15) is 0 Å². The summed E-state index contributed by atoms with van der Waals surface area (Å²) in [5.41, 5.74) is 0. The molecular formula is C12H16CuN10O6. The van der Waals surface area contributed by atoms with E-state index in [1.54, 1.807) is 74.9 Å². The number of rotatable bonds is 0. The Morgan fingerprint density at radius 1 is 0.517 bits per heavy atom. The van der Waals surface area contributed by atoms with Gasteiger partial charge >= 0.3 is 17.1 Å². The molecule has 0 saturated carbocycles. The van der Waals surface area contributed by atoms with Crippen LogP contribution in [0, 0.1) is 30.6 Å². The molecule has 161 valence electrons. The van der Waals surface area contributed by atoms with E-state index >= 15 is 0 Å². The minimum absolute atomic E-state index is 0. The summed E-state index contributed by atoms with van der Waals surface area (Å²) in [6.45, 7) is 0. The molecule has 0 aliphatic carbocycles. The summed E-state index contributed by atoms with van der Waals surface area (Å²) < 4.78 is 0. The number of imidazole rings is 4. The Hall–Kier alpha value is -4.24. The van der Waals surface area contributed by atoms with Crippen LogP contribution in [0.4, 0.5) is 0 Å². The molecule has 4 heterocycles. The molecular weight excluding hydrogens is 444 g/mol. The summed E-state index contributed by atoms with van der Waals surface area (Å²) in [6.07, 6.45) is 20.3. The second-order valence-corrected chi connectivity index (χ2v) is 3.49. The molecule has 0 unspecified atom stereocenters. The van der Waals surface area contributed by atoms with E-state index in [1.807, 2.05) is 0 Å². The van der Waals surface area contributed by atoms with Crippen molar-refractivity contribution in [1.82, 2.24) is 39.9 Å². The third-order valence-electron chi connectivity index (χ3n) is 1.62. The van der Waals surface area contributed by atoms with Crippen LogP contribution >= 0.6 is 0 Å². The first-order valence-corrected chi connectivity index (χ1v) is 6.80. The number of aromatic amines is 4. The Morgan fingerprint density at radius 2 is 0.690 bits per heavy atom. The molecule has 0 aliphatic rings. The van der Waals surface area contributed by atoms with Crippen LogP contribution in [0.15, 0.2) is 74.9 Å². The average Bonchev–Trinajstić information content (AvgIpc) is 3.52. The van der Waals surface area contributed by atoms with Crippen molar-refractivity contribution in [3.05, 3.63) is 106 Å². The van der Waals surface area contributed by atoms with Crippen molar-refractivity contribution in [2.24, 2.45) is 0 Å². The Morgan fingerprint density at radius 3 is 0.724 bits per heavy atom. The van der Waals surface area contributed by atoms with Crippen LogP contribution in [0.25, 0.3) is 0 Å². The number of nitrogens with zero attached hydrogens (tertiary/aromatic N) is 6. The zero-order valence-electron chi connectivity index (χ0n) is 14.4. The molecule has 0 aromatic carbocycles. The Kier molecular flexibility index (Phi) is 26.5. The zero-order valence-corrected chi connectivity index (χ0v) is 15.3. The van der Waals surface area contributed by atoms with Crippen LogP contribution < -0.4 is 0 Å². The fraction of sp³-hybridized carbons (Fsp3) is 0. The predicted octanol–water partition coefficient (Wildman–Crippen LogP) is 1.16. The van der Waals surface area contributed by atoms with Crippen molar-refractivity contribution in [2.45, 2.75) is 0 Å². The summed E-state index contributed by atoms with van der Waals surface area (Å²) in [4.78, 5) is 42.2. The Labute approximate surface area is 173 Å². The van der Waals surface area contributed by atoms with Crippen molar-refractivity contribution in [1.29, 1.82) is 0 Å². The van der Waals surface area contributed by atoms with Gasteiger partial charge in [-0.2, -0.15) is 0 Å². The summed E-state index contributed by atoms with van der Waals surface area (Å²) in [5, 5.41) is 29.5. The van der Waals surface area contributed by atoms with E-state index in [0.29, 0.717) is 0 Å². The first-order chi connectivity index (χ1) is 13.5. The predicted molar refractivity (Wildman–Crippen MR) is 95.1 cm³/mol. The SMILES string of the molecule is O=[N+]([O-])[O-].O=[N+]([O-])[O-].[Cu+2].c1c[nH]cn1.c1c[nH]cn1.c1c[nH]cn1.c1c[nH]cn1. The van der Waals surface area contributed by atoms with E-state index in [9.17, 15) is 0 Å². The van der Waals surface area contributed by atoms with Gasteiger partial charge in [0.1, 0.15) is 0 Å². The van der Waals surface area contributed by atoms with Gasteiger partial charge < -0.3 is 50.6 Å². The topological polar surface area (TPSA) is 247 Å². The molecule has 16 nitrogen and oxygen atoms in total. The van der Waals surface area contributed by atoms with Crippen molar-refractivity contribution >= 4 is 0 Å². The van der Waals surface area contributed by atoms with Crippen LogP contribution in [0.3, 0.4) is 0 Å². The van der Waals surface area contributed by atoms with Crippen molar-refractivity contribution < 1.29 is 27.2 Å². The molecule has 0 aliphatic heterocycles. The maximum Gasteiger partial charge on any atom is 2.00 e. The quantitative estimate of drug-likeness (QED) is 0.166. The molecule has 0 atom stereocenters. The first-order valence-electron chi connectivity index (χ1n) is 6.80. The molecule has 29 heavy (non-hydrogen) atoms. The minimum Gasteiger partial charge on any atom is -0.356 e. The summed E-state index contributed by atoms with van der Waals surface area (Å²) >= 11 is 0. The van der Waals surface area contributed by atoms with Gasteiger partial charge in [-0.1, -0.05) is 0 Å². The van der Waals surface area contributed by atoms with E-state index in [0.717, 1.165) is 0 Å². The second-order valence-electron chi connectivity index (χ2n) is 3.49. The molecule has 4 N–H and O–H groups in total. The van der Waals surface area contributed by atoms with E-state index in [4.69, 9.17) is 30.6 Å². The maximum absolute atomic E-state index is 8.25. The third-order valence-corrected chi connectivity index (χ3v) is 1.62. The normalized spacial score (nSPS) is 7.17. The van der Waals surface area contributed by atoms with Crippen molar-refractivity contribution in [2.75, 3.05) is 0 Å². The fourth-order valence-electron chi connectivity index (χ4n) is 0.861. The van der Waals surface area contributed by atoms with Crippen LogP contribution in [0.2, 0.25) is 0 Å². The number of hydrogen-bond acceptors (Lipinski definition) is 10. The van der Waals surface area contributed by atoms with E-state index in [1.165, 1.54) is 0 Å². The van der Waals surface area contributed by atoms with Crippen molar-refractivity contribution in [3.8, 4) is 0 Å². The standard InChI is InChI=1S/4C3H4N2.Cu.2NO3/c4*1-2-5-3-4-1;;2*2-1(3)4/h4*1-3H,(H,4,5);;;/q;;;;+2;2*-1. The molecule has 1 radical (unpaired) electrons. The largest absolute Gasteiger partial charge is 2.00 e. The van der Waals surface area contributed by atoms with Gasteiger partial charge in [-0.15, -0.1) is 0 Å². The van der Waals surface area contributed by atoms with Crippen LogP contribution in [-0.2, 0) is 17.1 Å². The van der Waals surface area contributed by atoms with E-state index < -0.39 is 10.2 Å². The van der Waals surface area contributed by atoms with Crippen LogP contribution in [0.5, 0.6) is 0 Å². The summed E-state index contributed by atoms with van der Waals surface area (Å²) in [6, 6.07) is 0. The number of hydrogen-bond donors (Lipinski definition) is 4. The van der Waals surface area contributed by atoms with Gasteiger partial charge in [0.15, 0.2) is 0 Å². The summed E-state index contributed by atoms with van der Waals surface area (Å²) in [7, 11) is 0. The van der Waals surface area contributed by atoms with Crippen molar-refractivity contribution in [3.63, 3.8) is 0 Å². The fourth-order valence-corrected chi connectivity index (χ4v) is 0.861. The molecule has 0 bridgehead atoms. The van der Waals surface area contributed by atoms with E-state index in [2.05, 4.69) is 39.9 Å². The van der Waals surface area contributed by atoms with Gasteiger partial charge in [0.25, 0.3) is 0 Å². The molecule has 17 heteroatoms. The smallest absolute Gasteiger partial charge is 0.356 e. The third kappa shape index (κ3) is 45.3. The van der Waals surface area contributed by atoms with E-state index in [-0.39, 0.29) is 17.1 Å². The molecule has 0 amide bonds. The second kappa shape index (κ2) is 26.0. The molecule has 0 spiro atoms.